The van der Waals surface area contributed by atoms with Crippen LogP contribution in [0.15, 0.2) is 50.3 Å². The summed E-state index contributed by atoms with van der Waals surface area (Å²) in [6, 6.07) is 10.5. The van der Waals surface area contributed by atoms with Crippen LogP contribution in [0.2, 0.25) is 0 Å². The van der Waals surface area contributed by atoms with Crippen LogP contribution in [0.1, 0.15) is 5.56 Å². The molecule has 0 amide bonds. The first-order chi connectivity index (χ1) is 7.70. The molecule has 78 valence electrons. The average molecular weight is 276 g/mol. The van der Waals surface area contributed by atoms with Gasteiger partial charge < -0.3 is 4.42 Å². The van der Waals surface area contributed by atoms with Gasteiger partial charge in [0, 0.05) is 0 Å². The van der Waals surface area contributed by atoms with Crippen LogP contribution in [-0.4, -0.2) is 0 Å². The van der Waals surface area contributed by atoms with Crippen LogP contribution >= 0.6 is 15.9 Å². The van der Waals surface area contributed by atoms with Crippen molar-refractivity contribution in [3.63, 3.8) is 0 Å². The molecule has 0 aliphatic heterocycles. The van der Waals surface area contributed by atoms with Crippen LogP contribution in [0, 0.1) is 11.3 Å². The first-order valence-corrected chi connectivity index (χ1v) is 5.29. The van der Waals surface area contributed by atoms with Crippen LogP contribution in [0.4, 0.5) is 0 Å². The van der Waals surface area contributed by atoms with Gasteiger partial charge in [0.15, 0.2) is 0 Å². The molecule has 4 heteroatoms. The van der Waals surface area contributed by atoms with E-state index in [2.05, 4.69) is 15.9 Å². The first-order valence-electron chi connectivity index (χ1n) is 4.49. The lowest BCUT2D eigenvalue weighted by Gasteiger charge is -1.99. The zero-order chi connectivity index (χ0) is 11.5. The van der Waals surface area contributed by atoms with E-state index in [0.717, 1.165) is 5.56 Å². The summed E-state index contributed by atoms with van der Waals surface area (Å²) in [5.41, 5.74) is 1.36. The third-order valence-corrected chi connectivity index (χ3v) is 2.52. The van der Waals surface area contributed by atoms with Crippen molar-refractivity contribution in [2.24, 2.45) is 0 Å². The van der Waals surface area contributed by atoms with Crippen LogP contribution in [0.25, 0.3) is 11.1 Å². The molecule has 0 atom stereocenters. The average Bonchev–Trinajstić information content (AvgIpc) is 2.32. The molecule has 0 radical (unpaired) electrons. The summed E-state index contributed by atoms with van der Waals surface area (Å²) < 4.78 is 5.53. The van der Waals surface area contributed by atoms with Gasteiger partial charge in [-0.25, -0.2) is 4.79 Å². The molecule has 0 aliphatic carbocycles. The van der Waals surface area contributed by atoms with E-state index in [0.29, 0.717) is 15.6 Å². The summed E-state index contributed by atoms with van der Waals surface area (Å²) in [5.74, 6) is 0. The molecule has 3 nitrogen and oxygen atoms in total. The molecule has 1 heterocycles. The number of hydrogen-bond donors (Lipinski definition) is 0. The van der Waals surface area contributed by atoms with Crippen LogP contribution in [0.3, 0.4) is 0 Å². The fraction of sp³-hybridized carbons (Fsp3) is 0. The van der Waals surface area contributed by atoms with Crippen molar-refractivity contribution in [3.05, 3.63) is 57.1 Å². The molecule has 2 rings (SSSR count). The van der Waals surface area contributed by atoms with Gasteiger partial charge in [0.05, 0.1) is 21.7 Å². The molecule has 1 aromatic carbocycles. The van der Waals surface area contributed by atoms with Crippen LogP contribution in [0.5, 0.6) is 0 Å². The lowest BCUT2D eigenvalue weighted by atomic mass is 10.1. The lowest BCUT2D eigenvalue weighted by molar-refractivity contribution is 0.510. The molecule has 16 heavy (non-hydrogen) atoms. The number of nitriles is 1. The Balaban J connectivity index is 2.55. The topological polar surface area (TPSA) is 54.0 Å². The third-order valence-electron chi connectivity index (χ3n) is 2.11. The van der Waals surface area contributed by atoms with Crippen molar-refractivity contribution in [1.82, 2.24) is 0 Å². The summed E-state index contributed by atoms with van der Waals surface area (Å²) in [6.45, 7) is 0. The second-order valence-electron chi connectivity index (χ2n) is 3.16. The van der Waals surface area contributed by atoms with Gasteiger partial charge in [-0.05, 0) is 39.7 Å². The van der Waals surface area contributed by atoms with Gasteiger partial charge in [-0.3, -0.25) is 0 Å². The maximum absolute atomic E-state index is 11.5. The summed E-state index contributed by atoms with van der Waals surface area (Å²) >= 11 is 3.24. The number of benzene rings is 1. The maximum atomic E-state index is 11.5. The highest BCUT2D eigenvalue weighted by Gasteiger charge is 2.05. The normalized spacial score (nSPS) is 9.75. The molecule has 0 aliphatic rings. The van der Waals surface area contributed by atoms with E-state index in [9.17, 15) is 4.79 Å². The van der Waals surface area contributed by atoms with Gasteiger partial charge in [0.25, 0.3) is 0 Å². The van der Waals surface area contributed by atoms with Crippen molar-refractivity contribution in [3.8, 4) is 17.2 Å². The van der Waals surface area contributed by atoms with Crippen LogP contribution in [-0.2, 0) is 0 Å². The summed E-state index contributed by atoms with van der Waals surface area (Å²) in [6.07, 6.45) is 1.34. The Morgan fingerprint density at radius 3 is 2.56 bits per heavy atom. The summed E-state index contributed by atoms with van der Waals surface area (Å²) in [5, 5.41) is 8.66. The van der Waals surface area contributed by atoms with E-state index in [1.807, 2.05) is 6.07 Å². The minimum atomic E-state index is -0.395. The molecular weight excluding hydrogens is 270 g/mol. The van der Waals surface area contributed by atoms with E-state index >= 15 is 0 Å². The molecule has 1 aromatic heterocycles. The Bertz CT molecular complexity index is 608. The second-order valence-corrected chi connectivity index (χ2v) is 4.07. The number of nitrogens with zero attached hydrogens (tertiary/aromatic N) is 1. The Kier molecular flexibility index (Phi) is 2.88. The van der Waals surface area contributed by atoms with E-state index < -0.39 is 5.63 Å². The fourth-order valence-corrected chi connectivity index (χ4v) is 1.65. The zero-order valence-electron chi connectivity index (χ0n) is 8.11. The SMILES string of the molecule is N#Cc1ccc(-c2cc(Br)coc2=O)cc1. The molecule has 0 spiro atoms. The quantitative estimate of drug-likeness (QED) is 0.804. The van der Waals surface area contributed by atoms with Crippen LogP contribution < -0.4 is 5.63 Å². The van der Waals surface area contributed by atoms with Gasteiger partial charge in [-0.2, -0.15) is 5.26 Å². The molecule has 0 saturated heterocycles. The Labute approximate surface area is 100 Å². The highest BCUT2D eigenvalue weighted by molar-refractivity contribution is 9.10. The third kappa shape index (κ3) is 2.05. The van der Waals surface area contributed by atoms with Gasteiger partial charge in [0.2, 0.25) is 0 Å². The fourth-order valence-electron chi connectivity index (χ4n) is 1.33. The largest absolute Gasteiger partial charge is 0.430 e. The summed E-state index contributed by atoms with van der Waals surface area (Å²) in [7, 11) is 0. The van der Waals surface area contributed by atoms with E-state index in [1.54, 1.807) is 30.3 Å². The number of halogens is 1. The highest BCUT2D eigenvalue weighted by Crippen LogP contribution is 2.19. The highest BCUT2D eigenvalue weighted by atomic mass is 79.9. The predicted molar refractivity (Wildman–Crippen MR) is 62.8 cm³/mol. The Morgan fingerprint density at radius 2 is 1.94 bits per heavy atom. The molecule has 0 saturated carbocycles. The van der Waals surface area contributed by atoms with Gasteiger partial charge in [-0.1, -0.05) is 12.1 Å². The van der Waals surface area contributed by atoms with Crippen molar-refractivity contribution >= 4 is 15.9 Å². The van der Waals surface area contributed by atoms with Crippen molar-refractivity contribution < 1.29 is 4.42 Å². The van der Waals surface area contributed by atoms with Gasteiger partial charge >= 0.3 is 5.63 Å². The van der Waals surface area contributed by atoms with Crippen molar-refractivity contribution in [2.75, 3.05) is 0 Å². The smallest absolute Gasteiger partial charge is 0.343 e. The standard InChI is InChI=1S/C12H6BrNO2/c13-10-5-11(12(15)16-7-10)9-3-1-8(6-14)2-4-9/h1-5,7H. The predicted octanol–water partition coefficient (Wildman–Crippen LogP) is 2.94. The molecule has 2 aromatic rings. The van der Waals surface area contributed by atoms with E-state index in [4.69, 9.17) is 9.68 Å². The zero-order valence-corrected chi connectivity index (χ0v) is 9.69. The monoisotopic (exact) mass is 275 g/mol. The second kappa shape index (κ2) is 4.33. The van der Waals surface area contributed by atoms with Crippen molar-refractivity contribution in [2.45, 2.75) is 0 Å². The molecule has 0 fully saturated rings. The van der Waals surface area contributed by atoms with Gasteiger partial charge in [-0.15, -0.1) is 0 Å². The summed E-state index contributed by atoms with van der Waals surface area (Å²) in [4.78, 5) is 11.5. The van der Waals surface area contributed by atoms with E-state index in [-0.39, 0.29) is 0 Å². The molecular formula is C12H6BrNO2. The Hall–Kier alpha value is -1.86. The van der Waals surface area contributed by atoms with E-state index in [1.165, 1.54) is 6.26 Å². The first kappa shape index (κ1) is 10.7. The molecule has 0 bridgehead atoms. The minimum absolute atomic E-state index is 0.395. The van der Waals surface area contributed by atoms with Gasteiger partial charge in [0.1, 0.15) is 6.26 Å². The van der Waals surface area contributed by atoms with Crippen molar-refractivity contribution in [1.29, 1.82) is 5.26 Å². The lowest BCUT2D eigenvalue weighted by Crippen LogP contribution is -2.01. The Morgan fingerprint density at radius 1 is 1.25 bits per heavy atom. The number of rotatable bonds is 1. The molecule has 0 N–H and O–H groups in total. The number of hydrogen-bond acceptors (Lipinski definition) is 3. The molecule has 0 unspecified atom stereocenters. The maximum Gasteiger partial charge on any atom is 0.343 e. The minimum Gasteiger partial charge on any atom is -0.430 e.